The topological polar surface area (TPSA) is 40.7 Å². The van der Waals surface area contributed by atoms with Gasteiger partial charge in [-0.3, -0.25) is 0 Å². The van der Waals surface area contributed by atoms with Crippen LogP contribution in [0.1, 0.15) is 30.8 Å². The minimum Gasteiger partial charge on any atom is -0.347 e. The number of hydrogen-bond donors (Lipinski definition) is 2. The molecule has 2 rings (SSSR count). The fraction of sp³-hybridized carbons (Fsp3) is 0.308. The van der Waals surface area contributed by atoms with Crippen molar-refractivity contribution in [3.05, 3.63) is 53.9 Å². The molecule has 2 aromatic rings. The highest BCUT2D eigenvalue weighted by molar-refractivity contribution is 5.16. The highest BCUT2D eigenvalue weighted by atomic mass is 19.1. The van der Waals surface area contributed by atoms with Crippen molar-refractivity contribution in [2.75, 3.05) is 0 Å². The largest absolute Gasteiger partial charge is 0.347 e. The van der Waals surface area contributed by atoms with Crippen molar-refractivity contribution < 1.29 is 4.39 Å². The van der Waals surface area contributed by atoms with E-state index in [0.29, 0.717) is 6.54 Å². The van der Waals surface area contributed by atoms with Gasteiger partial charge in [0.05, 0.1) is 6.04 Å². The lowest BCUT2D eigenvalue weighted by Gasteiger charge is -2.14. The minimum atomic E-state index is -0.199. The van der Waals surface area contributed by atoms with Gasteiger partial charge in [-0.25, -0.2) is 9.37 Å². The molecule has 90 valence electrons. The van der Waals surface area contributed by atoms with Crippen LogP contribution in [0.4, 0.5) is 4.39 Å². The number of imidazole rings is 1. The van der Waals surface area contributed by atoms with Crippen LogP contribution in [0.5, 0.6) is 0 Å². The maximum absolute atomic E-state index is 13.0. The van der Waals surface area contributed by atoms with Gasteiger partial charge in [0.25, 0.3) is 0 Å². The molecule has 1 atom stereocenters. The Balaban J connectivity index is 1.97. The molecule has 0 amide bonds. The first-order valence-electron chi connectivity index (χ1n) is 5.76. The lowest BCUT2D eigenvalue weighted by Crippen LogP contribution is -2.21. The predicted molar refractivity (Wildman–Crippen MR) is 64.9 cm³/mol. The van der Waals surface area contributed by atoms with Gasteiger partial charge in [-0.2, -0.15) is 0 Å². The van der Waals surface area contributed by atoms with E-state index in [1.807, 2.05) is 12.3 Å². The van der Waals surface area contributed by atoms with E-state index >= 15 is 0 Å². The maximum atomic E-state index is 13.0. The van der Waals surface area contributed by atoms with Crippen LogP contribution in [0, 0.1) is 5.82 Å². The molecule has 0 fully saturated rings. The summed E-state index contributed by atoms with van der Waals surface area (Å²) >= 11 is 0. The molecule has 0 saturated carbocycles. The Morgan fingerprint density at radius 1 is 1.47 bits per heavy atom. The molecule has 0 aliphatic heterocycles. The number of nitrogens with one attached hydrogen (secondary N) is 2. The number of halogens is 1. The third-order valence-electron chi connectivity index (χ3n) is 2.70. The Kier molecular flexibility index (Phi) is 3.88. The minimum absolute atomic E-state index is 0.174. The van der Waals surface area contributed by atoms with Gasteiger partial charge in [0.1, 0.15) is 11.6 Å². The van der Waals surface area contributed by atoms with Crippen molar-refractivity contribution in [1.29, 1.82) is 0 Å². The first-order chi connectivity index (χ1) is 8.29. The highest BCUT2D eigenvalue weighted by Crippen LogP contribution is 2.12. The first-order valence-corrected chi connectivity index (χ1v) is 5.76. The standard InChI is InChI=1S/C13H16FN3/c1-2-12(13-15-6-7-16-13)17-9-10-4-3-5-11(14)8-10/h3-8,12,17H,2,9H2,1H3,(H,15,16). The van der Waals surface area contributed by atoms with E-state index in [0.717, 1.165) is 17.8 Å². The van der Waals surface area contributed by atoms with Crippen molar-refractivity contribution in [2.24, 2.45) is 0 Å². The molecule has 0 aliphatic rings. The van der Waals surface area contributed by atoms with Gasteiger partial charge in [0, 0.05) is 18.9 Å². The predicted octanol–water partition coefficient (Wildman–Crippen LogP) is 2.79. The van der Waals surface area contributed by atoms with E-state index in [4.69, 9.17) is 0 Å². The molecule has 0 radical (unpaired) electrons. The quantitative estimate of drug-likeness (QED) is 0.833. The summed E-state index contributed by atoms with van der Waals surface area (Å²) in [6, 6.07) is 6.80. The molecule has 0 bridgehead atoms. The molecule has 4 heteroatoms. The summed E-state index contributed by atoms with van der Waals surface area (Å²) in [6.45, 7) is 2.72. The summed E-state index contributed by atoms with van der Waals surface area (Å²) in [5.41, 5.74) is 0.940. The Hall–Kier alpha value is -1.68. The number of aromatic nitrogens is 2. The molecular formula is C13H16FN3. The van der Waals surface area contributed by atoms with E-state index < -0.39 is 0 Å². The van der Waals surface area contributed by atoms with Gasteiger partial charge in [-0.05, 0) is 24.1 Å². The summed E-state index contributed by atoms with van der Waals surface area (Å²) in [4.78, 5) is 7.31. The summed E-state index contributed by atoms with van der Waals surface area (Å²) in [7, 11) is 0. The molecule has 3 nitrogen and oxygen atoms in total. The molecule has 2 N–H and O–H groups in total. The maximum Gasteiger partial charge on any atom is 0.123 e. The van der Waals surface area contributed by atoms with Crippen molar-refractivity contribution in [2.45, 2.75) is 25.9 Å². The smallest absolute Gasteiger partial charge is 0.123 e. The van der Waals surface area contributed by atoms with Crippen molar-refractivity contribution in [3.63, 3.8) is 0 Å². The first kappa shape index (κ1) is 11.8. The van der Waals surface area contributed by atoms with E-state index in [1.165, 1.54) is 6.07 Å². The number of H-pyrrole nitrogens is 1. The average Bonchev–Trinajstić information content (AvgIpc) is 2.84. The summed E-state index contributed by atoms with van der Waals surface area (Å²) in [6.07, 6.45) is 4.48. The van der Waals surface area contributed by atoms with Crippen LogP contribution in [-0.2, 0) is 6.54 Å². The third kappa shape index (κ3) is 3.14. The number of aromatic amines is 1. The zero-order valence-corrected chi connectivity index (χ0v) is 9.78. The van der Waals surface area contributed by atoms with Crippen molar-refractivity contribution in [3.8, 4) is 0 Å². The highest BCUT2D eigenvalue weighted by Gasteiger charge is 2.10. The molecule has 1 heterocycles. The Labute approximate surface area is 100 Å². The molecule has 1 aromatic heterocycles. The van der Waals surface area contributed by atoms with Gasteiger partial charge >= 0.3 is 0 Å². The fourth-order valence-electron chi connectivity index (χ4n) is 1.79. The van der Waals surface area contributed by atoms with E-state index in [-0.39, 0.29) is 11.9 Å². The lowest BCUT2D eigenvalue weighted by atomic mass is 10.1. The van der Waals surface area contributed by atoms with Gasteiger partial charge in [0.2, 0.25) is 0 Å². The average molecular weight is 233 g/mol. The van der Waals surface area contributed by atoms with Crippen LogP contribution < -0.4 is 5.32 Å². The third-order valence-corrected chi connectivity index (χ3v) is 2.70. The zero-order valence-electron chi connectivity index (χ0n) is 9.78. The van der Waals surface area contributed by atoms with Gasteiger partial charge in [0.15, 0.2) is 0 Å². The lowest BCUT2D eigenvalue weighted by molar-refractivity contribution is 0.496. The summed E-state index contributed by atoms with van der Waals surface area (Å²) < 4.78 is 13.0. The fourth-order valence-corrected chi connectivity index (χ4v) is 1.79. The molecule has 1 unspecified atom stereocenters. The Bertz CT molecular complexity index is 453. The molecule has 1 aromatic carbocycles. The van der Waals surface area contributed by atoms with Crippen LogP contribution in [0.2, 0.25) is 0 Å². The van der Waals surface area contributed by atoms with Crippen LogP contribution in [0.3, 0.4) is 0 Å². The number of benzene rings is 1. The molecule has 0 saturated heterocycles. The van der Waals surface area contributed by atoms with Crippen LogP contribution in [0.15, 0.2) is 36.7 Å². The Morgan fingerprint density at radius 2 is 2.35 bits per heavy atom. The normalized spacial score (nSPS) is 12.6. The molecule has 0 aliphatic carbocycles. The van der Waals surface area contributed by atoms with E-state index in [9.17, 15) is 4.39 Å². The van der Waals surface area contributed by atoms with E-state index in [2.05, 4.69) is 22.2 Å². The summed E-state index contributed by atoms with van der Waals surface area (Å²) in [5.74, 6) is 0.722. The second kappa shape index (κ2) is 5.59. The number of nitrogens with zero attached hydrogens (tertiary/aromatic N) is 1. The van der Waals surface area contributed by atoms with Crippen LogP contribution in [-0.4, -0.2) is 9.97 Å². The van der Waals surface area contributed by atoms with Gasteiger partial charge in [-0.1, -0.05) is 19.1 Å². The molecular weight excluding hydrogens is 217 g/mol. The molecule has 17 heavy (non-hydrogen) atoms. The molecule has 0 spiro atoms. The van der Waals surface area contributed by atoms with Crippen molar-refractivity contribution in [1.82, 2.24) is 15.3 Å². The van der Waals surface area contributed by atoms with Crippen LogP contribution in [0.25, 0.3) is 0 Å². The Morgan fingerprint density at radius 3 is 3.00 bits per heavy atom. The number of rotatable bonds is 5. The monoisotopic (exact) mass is 233 g/mol. The number of hydrogen-bond acceptors (Lipinski definition) is 2. The second-order valence-corrected chi connectivity index (χ2v) is 3.95. The van der Waals surface area contributed by atoms with Gasteiger partial charge in [-0.15, -0.1) is 0 Å². The SMILES string of the molecule is CCC(NCc1cccc(F)c1)c1ncc[nH]1. The second-order valence-electron chi connectivity index (χ2n) is 3.95. The van der Waals surface area contributed by atoms with Gasteiger partial charge < -0.3 is 10.3 Å². The van der Waals surface area contributed by atoms with E-state index in [1.54, 1.807) is 18.3 Å². The zero-order chi connectivity index (χ0) is 12.1. The van der Waals surface area contributed by atoms with Crippen molar-refractivity contribution >= 4 is 0 Å². The van der Waals surface area contributed by atoms with Crippen LogP contribution >= 0.6 is 0 Å². The summed E-state index contributed by atoms with van der Waals surface area (Å²) in [5, 5.41) is 3.35.